The van der Waals surface area contributed by atoms with Crippen molar-refractivity contribution in [2.24, 2.45) is 14.1 Å². The third-order valence-electron chi connectivity index (χ3n) is 10.9. The lowest BCUT2D eigenvalue weighted by Crippen LogP contribution is -2.47. The first-order valence-corrected chi connectivity index (χ1v) is 19.4. The van der Waals surface area contributed by atoms with Crippen molar-refractivity contribution >= 4 is 50.9 Å². The predicted molar refractivity (Wildman–Crippen MR) is 223 cm³/mol. The van der Waals surface area contributed by atoms with Gasteiger partial charge in [0.1, 0.15) is 11.7 Å². The molecule has 0 bridgehead atoms. The van der Waals surface area contributed by atoms with Gasteiger partial charge in [-0.05, 0) is 95.8 Å². The Morgan fingerprint density at radius 2 is 1.75 bits per heavy atom. The minimum Gasteiger partial charge on any atom is -0.374 e. The second kappa shape index (κ2) is 15.4. The Hall–Kier alpha value is -6.74. The summed E-state index contributed by atoms with van der Waals surface area (Å²) in [5.74, 6) is 5.51. The normalized spacial score (nSPS) is 15.5. The van der Waals surface area contributed by atoms with Gasteiger partial charge in [0.25, 0.3) is 5.91 Å². The number of nitrogens with zero attached hydrogens (tertiary/aromatic N) is 5. The molecule has 0 aliphatic carbocycles. The second-order valence-electron chi connectivity index (χ2n) is 15.1. The van der Waals surface area contributed by atoms with Crippen LogP contribution in [0.3, 0.4) is 0 Å². The molecular formula is C45H44N8O4. The molecule has 3 N–H and O–H groups in total. The highest BCUT2D eigenvalue weighted by Crippen LogP contribution is 2.35. The number of imide groups is 1. The van der Waals surface area contributed by atoms with Crippen LogP contribution in [0.25, 0.3) is 44.2 Å². The largest absolute Gasteiger partial charge is 0.374 e. The molecule has 2 aliphatic heterocycles. The molecule has 3 aromatic heterocycles. The maximum atomic E-state index is 13.0. The van der Waals surface area contributed by atoms with E-state index in [0.717, 1.165) is 92.6 Å². The Bertz CT molecular complexity index is 2690. The van der Waals surface area contributed by atoms with Crippen LogP contribution in [0, 0.1) is 11.8 Å². The van der Waals surface area contributed by atoms with Gasteiger partial charge >= 0.3 is 5.69 Å². The molecule has 0 radical (unpaired) electrons. The summed E-state index contributed by atoms with van der Waals surface area (Å²) in [6.45, 7) is 6.30. The van der Waals surface area contributed by atoms with Crippen molar-refractivity contribution in [2.75, 3.05) is 29.9 Å². The summed E-state index contributed by atoms with van der Waals surface area (Å²) in [5, 5.41) is 10.5. The highest BCUT2D eigenvalue weighted by Gasteiger charge is 2.27. The maximum absolute atomic E-state index is 13.0. The first-order chi connectivity index (χ1) is 27.5. The number of rotatable bonds is 8. The van der Waals surface area contributed by atoms with Crippen molar-refractivity contribution in [3.8, 4) is 34.2 Å². The third kappa shape index (κ3) is 7.48. The number of hydrogen-bond donors (Lipinski definition) is 3. The minimum absolute atomic E-state index is 0.0496. The predicted octanol–water partition coefficient (Wildman–Crippen LogP) is 5.88. The van der Waals surface area contributed by atoms with E-state index >= 15 is 0 Å². The lowest BCUT2D eigenvalue weighted by molar-refractivity contribution is -0.133. The van der Waals surface area contributed by atoms with E-state index in [4.69, 9.17) is 4.98 Å². The number of carbonyl (C=O) groups excluding carboxylic acids is 3. The zero-order chi connectivity index (χ0) is 39.8. The zero-order valence-corrected chi connectivity index (χ0v) is 32.5. The Morgan fingerprint density at radius 1 is 0.930 bits per heavy atom. The number of pyridine rings is 2. The molecule has 2 fully saturated rings. The molecule has 2 aliphatic rings. The fraction of sp³-hybridized carbons (Fsp3) is 0.289. The summed E-state index contributed by atoms with van der Waals surface area (Å²) < 4.78 is 3.43. The van der Waals surface area contributed by atoms with Crippen LogP contribution >= 0.6 is 0 Å². The standard InChI is InChI=1S/C45H44N8O4/c1-27(2)35-21-31(23-40-42(35)52(4)45(57)51(40)3)34-11-7-10-29-22-39(48-26-36(29)34)30-12-13-37(47-25-30)43(55)46-16-8-9-28-19-32(24-33(20-28)53-17-5-6-18-53)49-38-14-15-41(54)50-44(38)56/h7,10-13,19-27,38,49H,5-6,14-18H2,1-4H3,(H,46,55)(H,50,54,56). The Morgan fingerprint density at radius 3 is 2.51 bits per heavy atom. The molecule has 12 heteroatoms. The molecule has 12 nitrogen and oxygen atoms in total. The average Bonchev–Trinajstić information content (AvgIpc) is 3.84. The fourth-order valence-electron chi connectivity index (χ4n) is 7.86. The van der Waals surface area contributed by atoms with Gasteiger partial charge in [0.15, 0.2) is 0 Å². The molecule has 3 amide bonds. The summed E-state index contributed by atoms with van der Waals surface area (Å²) in [6.07, 6.45) is 6.47. The van der Waals surface area contributed by atoms with E-state index in [1.165, 1.54) is 0 Å². The third-order valence-corrected chi connectivity index (χ3v) is 10.9. The van der Waals surface area contributed by atoms with Gasteiger partial charge in [-0.1, -0.05) is 43.9 Å². The molecule has 288 valence electrons. The number of hydrogen-bond acceptors (Lipinski definition) is 8. The number of piperidine rings is 1. The Balaban J connectivity index is 0.963. The van der Waals surface area contributed by atoms with Crippen molar-refractivity contribution in [1.82, 2.24) is 29.7 Å². The van der Waals surface area contributed by atoms with Crippen molar-refractivity contribution in [1.29, 1.82) is 0 Å². The van der Waals surface area contributed by atoms with Crippen LogP contribution in [0.4, 0.5) is 11.4 Å². The van der Waals surface area contributed by atoms with Crippen molar-refractivity contribution in [3.05, 3.63) is 106 Å². The number of carbonyl (C=O) groups is 3. The van der Waals surface area contributed by atoms with Gasteiger partial charge < -0.3 is 15.5 Å². The van der Waals surface area contributed by atoms with E-state index in [0.29, 0.717) is 12.8 Å². The Kier molecular flexibility index (Phi) is 10.1. The lowest BCUT2D eigenvalue weighted by Gasteiger charge is -2.24. The van der Waals surface area contributed by atoms with Crippen LogP contribution in [0.15, 0.2) is 83.9 Å². The van der Waals surface area contributed by atoms with E-state index in [1.54, 1.807) is 21.4 Å². The molecule has 2 saturated heterocycles. The van der Waals surface area contributed by atoms with Gasteiger partial charge in [-0.15, -0.1) is 0 Å². The van der Waals surface area contributed by atoms with Crippen LogP contribution < -0.4 is 26.5 Å². The number of nitrogens with one attached hydrogen (secondary N) is 3. The number of aromatic nitrogens is 4. The van der Waals surface area contributed by atoms with E-state index in [-0.39, 0.29) is 41.6 Å². The van der Waals surface area contributed by atoms with Gasteiger partial charge in [0, 0.05) is 73.9 Å². The molecular weight excluding hydrogens is 717 g/mol. The summed E-state index contributed by atoms with van der Waals surface area (Å²) >= 11 is 0. The van der Waals surface area contributed by atoms with E-state index < -0.39 is 6.04 Å². The number of benzene rings is 3. The minimum atomic E-state index is -0.501. The molecule has 1 atom stereocenters. The maximum Gasteiger partial charge on any atom is 0.328 e. The van der Waals surface area contributed by atoms with Crippen LogP contribution in [-0.2, 0) is 23.7 Å². The zero-order valence-electron chi connectivity index (χ0n) is 32.5. The number of fused-ring (bicyclic) bond motifs is 2. The van der Waals surface area contributed by atoms with E-state index in [9.17, 15) is 19.2 Å². The molecule has 5 heterocycles. The smallest absolute Gasteiger partial charge is 0.328 e. The van der Waals surface area contributed by atoms with E-state index in [2.05, 4.69) is 75.8 Å². The quantitative estimate of drug-likeness (QED) is 0.129. The van der Waals surface area contributed by atoms with Crippen LogP contribution in [-0.4, -0.2) is 62.5 Å². The number of amides is 3. The Labute approximate surface area is 330 Å². The lowest BCUT2D eigenvalue weighted by atomic mass is 9.93. The molecule has 0 spiro atoms. The topological polar surface area (TPSA) is 143 Å². The SMILES string of the molecule is CC(C)c1cc(-c2cccc3cc(-c4ccc(C(=O)NCC#Cc5cc(NC6CCC(=O)NC6=O)cc(N6CCCC6)c5)nc4)ncc23)cc2c1n(C)c(=O)n2C. The summed E-state index contributed by atoms with van der Waals surface area (Å²) in [7, 11) is 3.63. The first-order valence-electron chi connectivity index (χ1n) is 19.4. The van der Waals surface area contributed by atoms with Crippen molar-refractivity contribution < 1.29 is 14.4 Å². The number of aryl methyl sites for hydroxylation is 2. The molecule has 6 aromatic rings. The van der Waals surface area contributed by atoms with Gasteiger partial charge in [0.2, 0.25) is 11.8 Å². The number of anilines is 2. The van der Waals surface area contributed by atoms with Gasteiger partial charge in [-0.25, -0.2) is 4.79 Å². The summed E-state index contributed by atoms with van der Waals surface area (Å²) in [5.41, 5.74) is 9.27. The summed E-state index contributed by atoms with van der Waals surface area (Å²) in [6, 6.07) is 21.4. The van der Waals surface area contributed by atoms with Gasteiger partial charge in [-0.3, -0.25) is 38.8 Å². The van der Waals surface area contributed by atoms with E-state index in [1.807, 2.05) is 56.7 Å². The highest BCUT2D eigenvalue weighted by molar-refractivity contribution is 6.02. The van der Waals surface area contributed by atoms with Gasteiger partial charge in [0.05, 0.1) is 23.3 Å². The van der Waals surface area contributed by atoms with Crippen LogP contribution in [0.2, 0.25) is 0 Å². The van der Waals surface area contributed by atoms with Gasteiger partial charge in [-0.2, -0.15) is 0 Å². The van der Waals surface area contributed by atoms with Crippen molar-refractivity contribution in [3.63, 3.8) is 0 Å². The molecule has 0 saturated carbocycles. The van der Waals surface area contributed by atoms with Crippen LogP contribution in [0.1, 0.15) is 67.1 Å². The fourth-order valence-corrected chi connectivity index (χ4v) is 7.86. The monoisotopic (exact) mass is 760 g/mol. The summed E-state index contributed by atoms with van der Waals surface area (Å²) in [4.78, 5) is 61.5. The molecule has 1 unspecified atom stereocenters. The first kappa shape index (κ1) is 37.2. The number of imidazole rings is 1. The molecule has 8 rings (SSSR count). The average molecular weight is 761 g/mol. The van der Waals surface area contributed by atoms with Crippen LogP contribution in [0.5, 0.6) is 0 Å². The van der Waals surface area contributed by atoms with Crippen molar-refractivity contribution in [2.45, 2.75) is 51.5 Å². The second-order valence-corrected chi connectivity index (χ2v) is 15.1. The molecule has 3 aromatic carbocycles. The molecule has 57 heavy (non-hydrogen) atoms. The highest BCUT2D eigenvalue weighted by atomic mass is 16.2.